The molecule has 0 amide bonds. The number of aromatic nitrogens is 5. The van der Waals surface area contributed by atoms with Gasteiger partial charge >= 0.3 is 0 Å². The zero-order valence-corrected chi connectivity index (χ0v) is 15.6. The Kier molecular flexibility index (Phi) is 5.39. The third-order valence-electron chi connectivity index (χ3n) is 5.05. The summed E-state index contributed by atoms with van der Waals surface area (Å²) in [5.74, 6) is 2.20. The molecule has 1 aliphatic rings. The zero-order chi connectivity index (χ0) is 18.5. The van der Waals surface area contributed by atoms with E-state index in [1.165, 1.54) is 18.5 Å². The highest BCUT2D eigenvalue weighted by molar-refractivity contribution is 5.50. The van der Waals surface area contributed by atoms with E-state index in [0.717, 1.165) is 43.4 Å². The van der Waals surface area contributed by atoms with Gasteiger partial charge in [0.15, 0.2) is 0 Å². The maximum Gasteiger partial charge on any atom is 0.135 e. The van der Waals surface area contributed by atoms with Gasteiger partial charge in [0.2, 0.25) is 0 Å². The highest BCUT2D eigenvalue weighted by Crippen LogP contribution is 2.22. The average molecular weight is 363 g/mol. The van der Waals surface area contributed by atoms with E-state index in [-0.39, 0.29) is 0 Å². The Morgan fingerprint density at radius 3 is 2.96 bits per heavy atom. The van der Waals surface area contributed by atoms with Crippen LogP contribution in [0.2, 0.25) is 0 Å². The number of hydrogen-bond donors (Lipinski definition) is 1. The summed E-state index contributed by atoms with van der Waals surface area (Å²) >= 11 is 0. The largest absolute Gasteiger partial charge is 0.337 e. The molecule has 4 heterocycles. The minimum absolute atomic E-state index is 0.615. The molecule has 0 bridgehead atoms. The lowest BCUT2D eigenvalue weighted by Crippen LogP contribution is -2.36. The van der Waals surface area contributed by atoms with Gasteiger partial charge in [0.05, 0.1) is 12.0 Å². The smallest absolute Gasteiger partial charge is 0.135 e. The van der Waals surface area contributed by atoms with Crippen molar-refractivity contribution in [3.8, 4) is 0 Å². The second kappa shape index (κ2) is 8.26. The Balaban J connectivity index is 1.37. The number of nitrogens with one attached hydrogen (secondary N) is 1. The second-order valence-corrected chi connectivity index (χ2v) is 7.18. The van der Waals surface area contributed by atoms with Crippen molar-refractivity contribution in [2.75, 3.05) is 18.4 Å². The first-order valence-corrected chi connectivity index (χ1v) is 9.43. The summed E-state index contributed by atoms with van der Waals surface area (Å²) in [6, 6.07) is 7.82. The fourth-order valence-electron chi connectivity index (χ4n) is 3.67. The van der Waals surface area contributed by atoms with E-state index in [2.05, 4.69) is 41.8 Å². The molecule has 7 nitrogen and oxygen atoms in total. The number of hydrogen-bond acceptors (Lipinski definition) is 6. The number of nitrogens with zero attached hydrogens (tertiary/aromatic N) is 6. The number of likely N-dealkylation sites (tertiary alicyclic amines) is 1. The molecule has 27 heavy (non-hydrogen) atoms. The number of piperidine rings is 1. The molecule has 0 radical (unpaired) electrons. The topological polar surface area (TPSA) is 71.8 Å². The summed E-state index contributed by atoms with van der Waals surface area (Å²) in [4.78, 5) is 19.8. The maximum atomic E-state index is 4.49. The molecule has 140 valence electrons. The van der Waals surface area contributed by atoms with Gasteiger partial charge in [-0.3, -0.25) is 4.90 Å². The van der Waals surface area contributed by atoms with Crippen molar-refractivity contribution >= 4 is 11.6 Å². The van der Waals surface area contributed by atoms with Gasteiger partial charge in [-0.15, -0.1) is 0 Å². The van der Waals surface area contributed by atoms with Crippen LogP contribution in [0.25, 0.3) is 0 Å². The first-order valence-electron chi connectivity index (χ1n) is 9.43. The Morgan fingerprint density at radius 1 is 1.19 bits per heavy atom. The second-order valence-electron chi connectivity index (χ2n) is 7.18. The van der Waals surface area contributed by atoms with Gasteiger partial charge in [0.1, 0.15) is 18.0 Å². The monoisotopic (exact) mass is 363 g/mol. The first-order chi connectivity index (χ1) is 13.3. The van der Waals surface area contributed by atoms with Crippen molar-refractivity contribution in [1.29, 1.82) is 0 Å². The van der Waals surface area contributed by atoms with Crippen LogP contribution in [0.5, 0.6) is 0 Å². The first kappa shape index (κ1) is 17.6. The molecule has 4 rings (SSSR count). The van der Waals surface area contributed by atoms with E-state index >= 15 is 0 Å². The number of anilines is 2. The van der Waals surface area contributed by atoms with Crippen LogP contribution < -0.4 is 5.32 Å². The van der Waals surface area contributed by atoms with Crippen molar-refractivity contribution in [2.24, 2.45) is 13.0 Å². The fourth-order valence-corrected chi connectivity index (χ4v) is 3.67. The van der Waals surface area contributed by atoms with Crippen LogP contribution in [-0.4, -0.2) is 42.5 Å². The Morgan fingerprint density at radius 2 is 2.15 bits per heavy atom. The molecule has 0 aliphatic carbocycles. The van der Waals surface area contributed by atoms with Crippen molar-refractivity contribution in [3.63, 3.8) is 0 Å². The lowest BCUT2D eigenvalue weighted by Gasteiger charge is -2.32. The van der Waals surface area contributed by atoms with E-state index in [4.69, 9.17) is 0 Å². The van der Waals surface area contributed by atoms with E-state index in [0.29, 0.717) is 5.92 Å². The van der Waals surface area contributed by atoms with Crippen molar-refractivity contribution in [1.82, 2.24) is 29.4 Å². The molecule has 0 aromatic carbocycles. The third kappa shape index (κ3) is 4.68. The van der Waals surface area contributed by atoms with Gasteiger partial charge in [-0.1, -0.05) is 6.07 Å². The van der Waals surface area contributed by atoms with Gasteiger partial charge in [0, 0.05) is 44.3 Å². The molecular formula is C20H25N7. The summed E-state index contributed by atoms with van der Waals surface area (Å²) in [6.07, 6.45) is 10.7. The molecule has 7 heteroatoms. The van der Waals surface area contributed by atoms with Crippen LogP contribution in [0.1, 0.15) is 24.2 Å². The van der Waals surface area contributed by atoms with Crippen molar-refractivity contribution < 1.29 is 0 Å². The van der Waals surface area contributed by atoms with Gasteiger partial charge in [-0.2, -0.15) is 0 Å². The molecule has 1 fully saturated rings. The fraction of sp³-hybridized carbons (Fsp3) is 0.400. The highest BCUT2D eigenvalue weighted by atomic mass is 15.2. The number of rotatable bonds is 6. The van der Waals surface area contributed by atoms with Crippen LogP contribution in [-0.2, 0) is 20.0 Å². The quantitative estimate of drug-likeness (QED) is 0.726. The maximum absolute atomic E-state index is 4.49. The standard InChI is InChI=1S/C20H25N7/c1-26-15-21-11-18(26)13-27-8-4-5-16(12-27)9-17-10-20(24-14-23-17)25-19-6-2-3-7-22-19/h2-3,6-7,10-11,14-16H,4-5,8-9,12-13H2,1H3,(H,22,23,24,25)/t16-/m1/s1. The Hall–Kier alpha value is -2.80. The highest BCUT2D eigenvalue weighted by Gasteiger charge is 2.21. The number of aryl methyl sites for hydroxylation is 1. The van der Waals surface area contributed by atoms with Gasteiger partial charge in [0.25, 0.3) is 0 Å². The number of imidazole rings is 1. The van der Waals surface area contributed by atoms with Crippen LogP contribution in [0.15, 0.2) is 49.3 Å². The van der Waals surface area contributed by atoms with Gasteiger partial charge in [-0.05, 0) is 43.9 Å². The van der Waals surface area contributed by atoms with Crippen LogP contribution in [0.4, 0.5) is 11.6 Å². The van der Waals surface area contributed by atoms with E-state index < -0.39 is 0 Å². The molecule has 1 saturated heterocycles. The van der Waals surface area contributed by atoms with Gasteiger partial charge < -0.3 is 9.88 Å². The molecule has 1 aliphatic heterocycles. The van der Waals surface area contributed by atoms with Crippen LogP contribution in [0, 0.1) is 5.92 Å². The SMILES string of the molecule is Cn1cncc1CN1CCC[C@H](Cc2cc(Nc3ccccn3)ncn2)C1. The molecule has 3 aromatic heterocycles. The lowest BCUT2D eigenvalue weighted by molar-refractivity contribution is 0.163. The summed E-state index contributed by atoms with van der Waals surface area (Å²) in [5.41, 5.74) is 2.34. The molecule has 0 spiro atoms. The minimum Gasteiger partial charge on any atom is -0.337 e. The molecule has 3 aromatic rings. The predicted octanol–water partition coefficient (Wildman–Crippen LogP) is 2.80. The van der Waals surface area contributed by atoms with Gasteiger partial charge in [-0.25, -0.2) is 19.9 Å². The van der Waals surface area contributed by atoms with E-state index in [1.807, 2.05) is 36.8 Å². The molecule has 0 unspecified atom stereocenters. The lowest BCUT2D eigenvalue weighted by atomic mass is 9.93. The molecule has 0 saturated carbocycles. The van der Waals surface area contributed by atoms with Crippen LogP contribution in [0.3, 0.4) is 0 Å². The van der Waals surface area contributed by atoms with Crippen molar-refractivity contribution in [2.45, 2.75) is 25.8 Å². The minimum atomic E-state index is 0.615. The number of pyridine rings is 1. The Labute approximate surface area is 159 Å². The van der Waals surface area contributed by atoms with Crippen molar-refractivity contribution in [3.05, 3.63) is 60.7 Å². The predicted molar refractivity (Wildman–Crippen MR) is 104 cm³/mol. The molecular weight excluding hydrogens is 338 g/mol. The summed E-state index contributed by atoms with van der Waals surface area (Å²) < 4.78 is 2.10. The third-order valence-corrected chi connectivity index (χ3v) is 5.05. The van der Waals surface area contributed by atoms with Crippen LogP contribution >= 0.6 is 0 Å². The zero-order valence-electron chi connectivity index (χ0n) is 15.6. The Bertz CT molecular complexity index is 862. The molecule has 1 N–H and O–H groups in total. The normalized spacial score (nSPS) is 17.7. The average Bonchev–Trinajstić information content (AvgIpc) is 3.08. The van der Waals surface area contributed by atoms with E-state index in [1.54, 1.807) is 12.5 Å². The molecule has 1 atom stereocenters. The summed E-state index contributed by atoms with van der Waals surface area (Å²) in [6.45, 7) is 3.21. The van der Waals surface area contributed by atoms with E-state index in [9.17, 15) is 0 Å². The summed E-state index contributed by atoms with van der Waals surface area (Å²) in [5, 5.41) is 3.24. The summed E-state index contributed by atoms with van der Waals surface area (Å²) in [7, 11) is 2.06.